The van der Waals surface area contributed by atoms with E-state index in [-0.39, 0.29) is 0 Å². The fourth-order valence-corrected chi connectivity index (χ4v) is 4.23. The third kappa shape index (κ3) is 4.14. The van der Waals surface area contributed by atoms with Gasteiger partial charge < -0.3 is 14.2 Å². The zero-order chi connectivity index (χ0) is 17.9. The number of ether oxygens (including phenoxy) is 1. The van der Waals surface area contributed by atoms with Crippen molar-refractivity contribution < 1.29 is 9.26 Å². The predicted octanol–water partition coefficient (Wildman–Crippen LogP) is 3.73. The molecule has 0 spiro atoms. The van der Waals surface area contributed by atoms with Crippen molar-refractivity contribution in [1.29, 1.82) is 0 Å². The van der Waals surface area contributed by atoms with Gasteiger partial charge in [-0.05, 0) is 42.6 Å². The molecule has 0 amide bonds. The number of rotatable bonds is 3. The van der Waals surface area contributed by atoms with Gasteiger partial charge in [0.1, 0.15) is 0 Å². The van der Waals surface area contributed by atoms with Crippen LogP contribution in [0, 0.1) is 0 Å². The first-order valence-corrected chi connectivity index (χ1v) is 9.81. The van der Waals surface area contributed by atoms with E-state index in [4.69, 9.17) is 32.5 Å². The highest BCUT2D eigenvalue weighted by Crippen LogP contribution is 2.28. The Kier molecular flexibility index (Phi) is 5.64. The maximum atomic E-state index is 6.06. The summed E-state index contributed by atoms with van der Waals surface area (Å²) in [5, 5.41) is 5.25. The van der Waals surface area contributed by atoms with Crippen molar-refractivity contribution in [2.45, 2.75) is 25.3 Å². The summed E-state index contributed by atoms with van der Waals surface area (Å²) in [5.74, 6) is 1.07. The summed E-state index contributed by atoms with van der Waals surface area (Å²) in [6.07, 6.45) is 3.33. The molecular weight excluding hydrogens is 375 g/mol. The van der Waals surface area contributed by atoms with Gasteiger partial charge in [-0.3, -0.25) is 4.90 Å². The van der Waals surface area contributed by atoms with E-state index in [1.807, 2.05) is 0 Å². The van der Waals surface area contributed by atoms with Crippen LogP contribution in [0.15, 0.2) is 22.7 Å². The highest BCUT2D eigenvalue weighted by atomic mass is 35.5. The molecule has 0 N–H and O–H groups in total. The van der Waals surface area contributed by atoms with Gasteiger partial charge in [-0.2, -0.15) is 4.98 Å². The van der Waals surface area contributed by atoms with Gasteiger partial charge in [0.2, 0.25) is 0 Å². The van der Waals surface area contributed by atoms with Gasteiger partial charge in [0, 0.05) is 54.4 Å². The van der Waals surface area contributed by atoms with Crippen molar-refractivity contribution in [3.63, 3.8) is 0 Å². The number of hydrogen-bond donors (Lipinski definition) is 0. The molecule has 0 atom stereocenters. The summed E-state index contributed by atoms with van der Waals surface area (Å²) in [6, 6.07) is 5.85. The fourth-order valence-electron chi connectivity index (χ4n) is 3.70. The van der Waals surface area contributed by atoms with Crippen LogP contribution in [0.1, 0.15) is 19.3 Å². The second-order valence-electron chi connectivity index (χ2n) is 6.78. The number of aromatic nitrogens is 2. The minimum absolute atomic E-state index is 0.441. The second kappa shape index (κ2) is 8.13. The summed E-state index contributed by atoms with van der Waals surface area (Å²) in [5.41, 5.74) is 0.737. The second-order valence-corrected chi connectivity index (χ2v) is 7.65. The summed E-state index contributed by atoms with van der Waals surface area (Å²) < 4.78 is 11.0. The minimum atomic E-state index is 0.441. The molecule has 2 aromatic rings. The molecule has 1 aromatic heterocycles. The quantitative estimate of drug-likeness (QED) is 0.787. The predicted molar refractivity (Wildman–Crippen MR) is 102 cm³/mol. The molecular formula is C18H22Cl2N4O2. The molecule has 2 fully saturated rings. The number of halogens is 2. The van der Waals surface area contributed by atoms with Crippen molar-refractivity contribution in [2.75, 3.05) is 44.3 Å². The van der Waals surface area contributed by atoms with E-state index in [1.165, 1.54) is 0 Å². The molecule has 26 heavy (non-hydrogen) atoms. The molecule has 4 rings (SSSR count). The first-order chi connectivity index (χ1) is 12.7. The Balaban J connectivity index is 1.40. The molecule has 8 heteroatoms. The third-order valence-corrected chi connectivity index (χ3v) is 5.48. The van der Waals surface area contributed by atoms with Crippen LogP contribution in [0.2, 0.25) is 10.0 Å². The lowest BCUT2D eigenvalue weighted by Crippen LogP contribution is -2.46. The molecule has 140 valence electrons. The Hall–Kier alpha value is -1.34. The highest BCUT2D eigenvalue weighted by Gasteiger charge is 2.27. The average molecular weight is 397 g/mol. The maximum absolute atomic E-state index is 6.06. The number of piperidine rings is 1. The highest BCUT2D eigenvalue weighted by molar-refractivity contribution is 6.35. The monoisotopic (exact) mass is 396 g/mol. The third-order valence-electron chi connectivity index (χ3n) is 5.05. The van der Waals surface area contributed by atoms with Crippen molar-refractivity contribution >= 4 is 29.2 Å². The number of benzene rings is 1. The Morgan fingerprint density at radius 1 is 0.962 bits per heavy atom. The number of anilines is 1. The minimum Gasteiger partial charge on any atom is -0.380 e. The van der Waals surface area contributed by atoms with Gasteiger partial charge in [-0.25, -0.2) is 0 Å². The van der Waals surface area contributed by atoms with E-state index < -0.39 is 0 Å². The van der Waals surface area contributed by atoms with E-state index in [9.17, 15) is 0 Å². The Labute approximate surface area is 163 Å². The van der Waals surface area contributed by atoms with Crippen LogP contribution in [0.4, 0.5) is 5.95 Å². The van der Waals surface area contributed by atoms with Crippen molar-refractivity contribution in [3.05, 3.63) is 28.2 Å². The van der Waals surface area contributed by atoms with Gasteiger partial charge in [0.05, 0.1) is 6.61 Å². The summed E-state index contributed by atoms with van der Waals surface area (Å²) in [6.45, 7) is 5.75. The van der Waals surface area contributed by atoms with E-state index in [1.54, 1.807) is 18.2 Å². The van der Waals surface area contributed by atoms with E-state index in [0.29, 0.717) is 27.9 Å². The van der Waals surface area contributed by atoms with E-state index in [0.717, 1.165) is 64.2 Å². The van der Waals surface area contributed by atoms with Crippen LogP contribution in [0.25, 0.3) is 11.5 Å². The Bertz CT molecular complexity index is 718. The van der Waals surface area contributed by atoms with Crippen LogP contribution in [0.5, 0.6) is 0 Å². The number of nitrogens with zero attached hydrogens (tertiary/aromatic N) is 4. The molecule has 0 bridgehead atoms. The first kappa shape index (κ1) is 18.0. The smallest absolute Gasteiger partial charge is 0.266 e. The van der Waals surface area contributed by atoms with Crippen molar-refractivity contribution in [3.8, 4) is 11.5 Å². The molecule has 6 nitrogen and oxygen atoms in total. The number of hydrogen-bond acceptors (Lipinski definition) is 6. The molecule has 3 heterocycles. The van der Waals surface area contributed by atoms with E-state index >= 15 is 0 Å². The SMILES string of the molecule is Clc1cc(Cl)cc(-c2nc(N3CCC(N4CCCOCC4)CC3)no2)c1. The van der Waals surface area contributed by atoms with Gasteiger partial charge in [0.15, 0.2) is 0 Å². The summed E-state index contributed by atoms with van der Waals surface area (Å²) in [7, 11) is 0. The van der Waals surface area contributed by atoms with Gasteiger partial charge in [-0.15, -0.1) is 0 Å². The molecule has 0 radical (unpaired) electrons. The molecule has 1 aromatic carbocycles. The summed E-state index contributed by atoms with van der Waals surface area (Å²) >= 11 is 12.1. The molecule has 0 unspecified atom stereocenters. The van der Waals surface area contributed by atoms with E-state index in [2.05, 4.69) is 19.9 Å². The van der Waals surface area contributed by atoms with Crippen molar-refractivity contribution in [2.24, 2.45) is 0 Å². The molecule has 0 aliphatic carbocycles. The van der Waals surface area contributed by atoms with Crippen molar-refractivity contribution in [1.82, 2.24) is 15.0 Å². The van der Waals surface area contributed by atoms with Crippen LogP contribution < -0.4 is 4.90 Å². The normalized spacial score (nSPS) is 20.3. The maximum Gasteiger partial charge on any atom is 0.266 e. The van der Waals surface area contributed by atoms with Crippen LogP contribution in [-0.4, -0.2) is 60.5 Å². The van der Waals surface area contributed by atoms with Crippen LogP contribution >= 0.6 is 23.2 Å². The first-order valence-electron chi connectivity index (χ1n) is 9.06. The standard InChI is InChI=1S/C18H22Cl2N4O2/c19-14-10-13(11-15(20)12-14)17-21-18(22-26-17)24-5-2-16(3-6-24)23-4-1-8-25-9-7-23/h10-12,16H,1-9H2. The lowest BCUT2D eigenvalue weighted by molar-refractivity contribution is 0.125. The topological polar surface area (TPSA) is 54.6 Å². The van der Waals surface area contributed by atoms with Gasteiger partial charge in [-0.1, -0.05) is 23.2 Å². The Morgan fingerprint density at radius 3 is 2.50 bits per heavy atom. The van der Waals surface area contributed by atoms with Gasteiger partial charge >= 0.3 is 0 Å². The average Bonchev–Trinajstić information content (AvgIpc) is 2.97. The molecule has 2 aliphatic heterocycles. The lowest BCUT2D eigenvalue weighted by atomic mass is 10.0. The largest absolute Gasteiger partial charge is 0.380 e. The Morgan fingerprint density at radius 2 is 1.73 bits per heavy atom. The molecule has 2 aliphatic rings. The zero-order valence-electron chi connectivity index (χ0n) is 14.5. The summed E-state index contributed by atoms with van der Waals surface area (Å²) in [4.78, 5) is 9.29. The lowest BCUT2D eigenvalue weighted by Gasteiger charge is -2.37. The fraction of sp³-hybridized carbons (Fsp3) is 0.556. The van der Waals surface area contributed by atoms with Gasteiger partial charge in [0.25, 0.3) is 11.8 Å². The van der Waals surface area contributed by atoms with Crippen LogP contribution in [-0.2, 0) is 4.74 Å². The molecule has 0 saturated carbocycles. The zero-order valence-corrected chi connectivity index (χ0v) is 16.0. The van der Waals surface area contributed by atoms with Crippen LogP contribution in [0.3, 0.4) is 0 Å². The molecule has 2 saturated heterocycles.